The van der Waals surface area contributed by atoms with Crippen LogP contribution in [0.5, 0.6) is 11.5 Å². The van der Waals surface area contributed by atoms with Crippen molar-refractivity contribution in [2.45, 2.75) is 46.4 Å². The summed E-state index contributed by atoms with van der Waals surface area (Å²) in [5.74, 6) is 1.09. The lowest BCUT2D eigenvalue weighted by atomic mass is 10.2. The summed E-state index contributed by atoms with van der Waals surface area (Å²) in [5, 5.41) is 9.12. The Labute approximate surface area is 210 Å². The largest absolute Gasteiger partial charge is 0.497 e. The van der Waals surface area contributed by atoms with Crippen LogP contribution in [0.25, 0.3) is 0 Å². The molecule has 2 aromatic carbocycles. The third-order valence-electron chi connectivity index (χ3n) is 4.38. The summed E-state index contributed by atoms with van der Waals surface area (Å²) in [6.45, 7) is 2.15. The van der Waals surface area contributed by atoms with Crippen LogP contribution in [-0.2, 0) is 17.9 Å². The first-order valence-corrected chi connectivity index (χ1v) is 10.5. The highest BCUT2D eigenvalue weighted by atomic mass is 127. The van der Waals surface area contributed by atoms with Gasteiger partial charge in [0, 0.05) is 30.8 Å². The van der Waals surface area contributed by atoms with Crippen molar-refractivity contribution in [3.63, 3.8) is 0 Å². The number of aliphatic imine (C=N–C) groups is 1. The number of carbonyl (C=O) groups is 1. The Kier molecular flexibility index (Phi) is 13.1. The van der Waals surface area contributed by atoms with E-state index in [1.807, 2.05) is 38.1 Å². The summed E-state index contributed by atoms with van der Waals surface area (Å²) < 4.78 is 35.2. The van der Waals surface area contributed by atoms with E-state index in [1.54, 1.807) is 12.1 Å². The van der Waals surface area contributed by atoms with Gasteiger partial charge >= 0.3 is 6.61 Å². The molecule has 0 radical (unpaired) electrons. The van der Waals surface area contributed by atoms with E-state index in [0.29, 0.717) is 36.8 Å². The summed E-state index contributed by atoms with van der Waals surface area (Å²) in [5.41, 5.74) is 2.15. The normalized spacial score (nSPS) is 10.9. The van der Waals surface area contributed by atoms with Crippen LogP contribution in [0.3, 0.4) is 0 Å². The monoisotopic (exact) mass is 576 g/mol. The van der Waals surface area contributed by atoms with Gasteiger partial charge in [-0.15, -0.1) is 24.0 Å². The lowest BCUT2D eigenvalue weighted by molar-refractivity contribution is -0.116. The molecule has 7 nitrogen and oxygen atoms in total. The van der Waals surface area contributed by atoms with Crippen molar-refractivity contribution >= 4 is 41.5 Å². The Hall–Kier alpha value is -2.63. The molecule has 10 heteroatoms. The van der Waals surface area contributed by atoms with Gasteiger partial charge in [0.1, 0.15) is 11.5 Å². The van der Waals surface area contributed by atoms with Crippen LogP contribution in [-0.4, -0.2) is 32.1 Å². The summed E-state index contributed by atoms with van der Waals surface area (Å²) in [7, 11) is 1.50. The molecule has 0 aliphatic heterocycles. The number of nitrogens with one attached hydrogen (secondary N) is 3. The van der Waals surface area contributed by atoms with Crippen molar-refractivity contribution in [3.8, 4) is 11.5 Å². The third-order valence-corrected chi connectivity index (χ3v) is 4.38. The molecule has 0 saturated carbocycles. The van der Waals surface area contributed by atoms with E-state index in [0.717, 1.165) is 17.7 Å². The van der Waals surface area contributed by atoms with Crippen LogP contribution in [0.4, 0.5) is 14.5 Å². The van der Waals surface area contributed by atoms with Gasteiger partial charge in [-0.05, 0) is 49.2 Å². The number of alkyl halides is 2. The molecule has 2 rings (SSSR count). The van der Waals surface area contributed by atoms with E-state index >= 15 is 0 Å². The molecule has 0 unspecified atom stereocenters. The average molecular weight is 576 g/mol. The van der Waals surface area contributed by atoms with Crippen molar-refractivity contribution in [1.82, 2.24) is 10.6 Å². The van der Waals surface area contributed by atoms with E-state index in [9.17, 15) is 13.6 Å². The third kappa shape index (κ3) is 10.2. The molecule has 0 fully saturated rings. The number of hydrogen-bond donors (Lipinski definition) is 3. The van der Waals surface area contributed by atoms with Crippen molar-refractivity contribution in [2.75, 3.05) is 19.0 Å². The summed E-state index contributed by atoms with van der Waals surface area (Å²) in [6.07, 6.45) is 1.25. The van der Waals surface area contributed by atoms with Gasteiger partial charge in [-0.2, -0.15) is 8.78 Å². The Morgan fingerprint density at radius 2 is 1.91 bits per heavy atom. The zero-order valence-electron chi connectivity index (χ0n) is 19.0. The molecule has 33 heavy (non-hydrogen) atoms. The number of guanidine groups is 1. The van der Waals surface area contributed by atoms with E-state index in [1.165, 1.54) is 13.2 Å². The van der Waals surface area contributed by atoms with Crippen molar-refractivity contribution in [1.29, 1.82) is 0 Å². The topological polar surface area (TPSA) is 84.0 Å². The molecule has 0 bridgehead atoms. The molecule has 0 atom stereocenters. The first-order valence-electron chi connectivity index (χ1n) is 10.5. The smallest absolute Gasteiger partial charge is 0.387 e. The second-order valence-corrected chi connectivity index (χ2v) is 6.90. The van der Waals surface area contributed by atoms with Crippen LogP contribution < -0.4 is 25.4 Å². The number of hydrogen-bond acceptors (Lipinski definition) is 4. The fourth-order valence-corrected chi connectivity index (χ4v) is 2.92. The van der Waals surface area contributed by atoms with Gasteiger partial charge in [0.25, 0.3) is 0 Å². The predicted molar refractivity (Wildman–Crippen MR) is 137 cm³/mol. The van der Waals surface area contributed by atoms with Gasteiger partial charge in [-0.1, -0.05) is 19.1 Å². The quantitative estimate of drug-likeness (QED) is 0.201. The van der Waals surface area contributed by atoms with Crippen LogP contribution >= 0.6 is 24.0 Å². The maximum Gasteiger partial charge on any atom is 0.387 e. The van der Waals surface area contributed by atoms with Crippen LogP contribution in [0, 0.1) is 0 Å². The van der Waals surface area contributed by atoms with Gasteiger partial charge in [-0.3, -0.25) is 4.79 Å². The zero-order valence-corrected chi connectivity index (χ0v) is 21.3. The fraction of sp³-hybridized carbons (Fsp3) is 0.391. The molecule has 3 N–H and O–H groups in total. The summed E-state index contributed by atoms with van der Waals surface area (Å²) >= 11 is 0. The van der Waals surface area contributed by atoms with Crippen molar-refractivity contribution < 1.29 is 23.0 Å². The number of anilines is 1. The first-order chi connectivity index (χ1) is 15.4. The molecule has 0 aliphatic carbocycles. The number of halogens is 3. The van der Waals surface area contributed by atoms with Gasteiger partial charge in [-0.25, -0.2) is 4.99 Å². The van der Waals surface area contributed by atoms with E-state index < -0.39 is 6.61 Å². The molecule has 1 amide bonds. The van der Waals surface area contributed by atoms with Gasteiger partial charge in [0.2, 0.25) is 5.91 Å². The minimum Gasteiger partial charge on any atom is -0.497 e. The molecule has 182 valence electrons. The lowest BCUT2D eigenvalue weighted by Crippen LogP contribution is -2.36. The molecular weight excluding hydrogens is 545 g/mol. The summed E-state index contributed by atoms with van der Waals surface area (Å²) in [4.78, 5) is 16.4. The Balaban J connectivity index is 0.00000544. The molecule has 0 spiro atoms. The van der Waals surface area contributed by atoms with Crippen molar-refractivity contribution in [3.05, 3.63) is 53.6 Å². The number of carbonyl (C=O) groups excluding carboxylic acids is 1. The Morgan fingerprint density at radius 1 is 1.12 bits per heavy atom. The van der Waals surface area contributed by atoms with E-state index in [4.69, 9.17) is 4.74 Å². The SMILES string of the molecule is CCCC(=O)Nc1cccc(CN=C(NCC)NCc2cc(OC)ccc2OC(F)F)c1.I. The maximum atomic E-state index is 12.7. The number of amides is 1. The van der Waals surface area contributed by atoms with Crippen LogP contribution in [0.1, 0.15) is 37.8 Å². The summed E-state index contributed by atoms with van der Waals surface area (Å²) in [6, 6.07) is 12.1. The van der Waals surface area contributed by atoms with E-state index in [2.05, 4.69) is 25.7 Å². The highest BCUT2D eigenvalue weighted by Crippen LogP contribution is 2.25. The average Bonchev–Trinajstić information content (AvgIpc) is 2.76. The zero-order chi connectivity index (χ0) is 23.3. The lowest BCUT2D eigenvalue weighted by Gasteiger charge is -2.15. The van der Waals surface area contributed by atoms with Gasteiger partial charge in [0.05, 0.1) is 13.7 Å². The van der Waals surface area contributed by atoms with Crippen LogP contribution in [0.2, 0.25) is 0 Å². The minimum atomic E-state index is -2.92. The van der Waals surface area contributed by atoms with Crippen molar-refractivity contribution in [2.24, 2.45) is 4.99 Å². The Bertz CT molecular complexity index is 913. The molecule has 0 saturated heterocycles. The van der Waals surface area contributed by atoms with E-state index in [-0.39, 0.29) is 42.2 Å². The van der Waals surface area contributed by atoms with Gasteiger partial charge < -0.3 is 25.4 Å². The number of ether oxygens (including phenoxy) is 2. The first kappa shape index (κ1) is 28.4. The van der Waals surface area contributed by atoms with Crippen LogP contribution in [0.15, 0.2) is 47.5 Å². The number of benzene rings is 2. The highest BCUT2D eigenvalue weighted by Gasteiger charge is 2.12. The standard InChI is InChI=1S/C23H30F2N4O3.HI/c1-4-7-21(30)29-18-9-6-8-16(12-18)14-27-23(26-5-2)28-15-17-13-19(31-3)10-11-20(17)32-22(24)25;/h6,8-13,22H,4-5,7,14-15H2,1-3H3,(H,29,30)(H2,26,27,28);1H. The molecular formula is C23H31F2IN4O3. The molecule has 2 aromatic rings. The Morgan fingerprint density at radius 3 is 2.58 bits per heavy atom. The maximum absolute atomic E-state index is 12.7. The molecule has 0 aromatic heterocycles. The number of methoxy groups -OCH3 is 1. The minimum absolute atomic E-state index is 0. The highest BCUT2D eigenvalue weighted by molar-refractivity contribution is 14.0. The molecule has 0 aliphatic rings. The molecule has 0 heterocycles. The second-order valence-electron chi connectivity index (χ2n) is 6.90. The number of nitrogens with zero attached hydrogens (tertiary/aromatic N) is 1. The predicted octanol–water partition coefficient (Wildman–Crippen LogP) is 4.91. The second kappa shape index (κ2) is 15.3. The van der Waals surface area contributed by atoms with Gasteiger partial charge in [0.15, 0.2) is 5.96 Å². The number of rotatable bonds is 11. The fourth-order valence-electron chi connectivity index (χ4n) is 2.92.